The zero-order valence-corrected chi connectivity index (χ0v) is 15.3. The Morgan fingerprint density at radius 2 is 2.04 bits per heavy atom. The molecule has 0 fully saturated rings. The molecular weight excluding hydrogens is 338 g/mol. The Morgan fingerprint density at radius 1 is 1.32 bits per heavy atom. The van der Waals surface area contributed by atoms with Gasteiger partial charge in [0.1, 0.15) is 10.6 Å². The quantitative estimate of drug-likeness (QED) is 0.777. The summed E-state index contributed by atoms with van der Waals surface area (Å²) in [4.78, 5) is 30.3. The second kappa shape index (κ2) is 6.68. The van der Waals surface area contributed by atoms with Gasteiger partial charge in [-0.05, 0) is 38.5 Å². The standard InChI is InChI=1S/C18H19N3O3S/c1-10(2)24-13-8-6-5-7-12(13)20-16(22)15-11(3)14-17(25-15)19-9-21(4)18(14)23/h5-10H,1-4H3,(H,20,22). The van der Waals surface area contributed by atoms with Gasteiger partial charge in [0.05, 0.1) is 28.4 Å². The van der Waals surface area contributed by atoms with Gasteiger partial charge in [-0.15, -0.1) is 11.3 Å². The molecule has 1 N–H and O–H groups in total. The van der Waals surface area contributed by atoms with Crippen molar-refractivity contribution in [2.24, 2.45) is 7.05 Å². The molecule has 0 spiro atoms. The second-order valence-electron chi connectivity index (χ2n) is 6.01. The maximum absolute atomic E-state index is 12.7. The Morgan fingerprint density at radius 3 is 2.76 bits per heavy atom. The van der Waals surface area contributed by atoms with Crippen molar-refractivity contribution in [1.29, 1.82) is 0 Å². The number of nitrogens with one attached hydrogen (secondary N) is 1. The van der Waals surface area contributed by atoms with Gasteiger partial charge in [-0.3, -0.25) is 9.59 Å². The third kappa shape index (κ3) is 3.28. The Hall–Kier alpha value is -2.67. The molecule has 3 rings (SSSR count). The van der Waals surface area contributed by atoms with Gasteiger partial charge in [0.25, 0.3) is 11.5 Å². The molecule has 0 bridgehead atoms. The normalized spacial score (nSPS) is 11.1. The van der Waals surface area contributed by atoms with E-state index < -0.39 is 0 Å². The van der Waals surface area contributed by atoms with Crippen LogP contribution in [0.4, 0.5) is 5.69 Å². The summed E-state index contributed by atoms with van der Waals surface area (Å²) in [6, 6.07) is 7.28. The van der Waals surface area contributed by atoms with Crippen molar-refractivity contribution in [2.75, 3.05) is 5.32 Å². The molecule has 0 atom stereocenters. The molecule has 2 heterocycles. The second-order valence-corrected chi connectivity index (χ2v) is 7.01. The number of anilines is 1. The molecule has 0 aliphatic rings. The van der Waals surface area contributed by atoms with Gasteiger partial charge in [-0.1, -0.05) is 12.1 Å². The summed E-state index contributed by atoms with van der Waals surface area (Å²) in [5.41, 5.74) is 1.09. The van der Waals surface area contributed by atoms with Crippen LogP contribution in [0.2, 0.25) is 0 Å². The molecule has 0 unspecified atom stereocenters. The molecular formula is C18H19N3O3S. The molecule has 0 saturated carbocycles. The van der Waals surface area contributed by atoms with Crippen LogP contribution >= 0.6 is 11.3 Å². The minimum atomic E-state index is -0.276. The summed E-state index contributed by atoms with van der Waals surface area (Å²) < 4.78 is 7.14. The fourth-order valence-electron chi connectivity index (χ4n) is 2.53. The van der Waals surface area contributed by atoms with E-state index in [4.69, 9.17) is 4.74 Å². The van der Waals surface area contributed by atoms with E-state index in [9.17, 15) is 9.59 Å². The van der Waals surface area contributed by atoms with E-state index in [1.54, 1.807) is 20.0 Å². The van der Waals surface area contributed by atoms with Gasteiger partial charge in [-0.2, -0.15) is 0 Å². The molecule has 0 radical (unpaired) electrons. The fourth-order valence-corrected chi connectivity index (χ4v) is 3.57. The summed E-state index contributed by atoms with van der Waals surface area (Å²) in [6.07, 6.45) is 1.46. The number of fused-ring (bicyclic) bond motifs is 1. The summed E-state index contributed by atoms with van der Waals surface area (Å²) in [6.45, 7) is 5.62. The van der Waals surface area contributed by atoms with E-state index in [1.807, 2.05) is 32.0 Å². The van der Waals surface area contributed by atoms with Gasteiger partial charge in [0.15, 0.2) is 0 Å². The van der Waals surface area contributed by atoms with Crippen LogP contribution in [0.15, 0.2) is 35.4 Å². The van der Waals surface area contributed by atoms with Gasteiger partial charge in [0.2, 0.25) is 0 Å². The number of thiophene rings is 1. The first kappa shape index (κ1) is 17.2. The number of nitrogens with zero attached hydrogens (tertiary/aromatic N) is 2. The highest BCUT2D eigenvalue weighted by Crippen LogP contribution is 2.30. The van der Waals surface area contributed by atoms with Crippen LogP contribution in [0, 0.1) is 6.92 Å². The lowest BCUT2D eigenvalue weighted by Crippen LogP contribution is -2.17. The Balaban J connectivity index is 1.98. The number of benzene rings is 1. The number of carbonyl (C=O) groups excluding carboxylic acids is 1. The SMILES string of the molecule is Cc1c(C(=O)Nc2ccccc2OC(C)C)sc2ncn(C)c(=O)c12. The maximum atomic E-state index is 12.7. The van der Waals surface area contributed by atoms with Crippen LogP contribution in [-0.2, 0) is 7.05 Å². The highest BCUT2D eigenvalue weighted by Gasteiger charge is 2.20. The zero-order chi connectivity index (χ0) is 18.1. The molecule has 0 saturated heterocycles. The van der Waals surface area contributed by atoms with Crippen LogP contribution < -0.4 is 15.6 Å². The molecule has 6 nitrogen and oxygen atoms in total. The minimum absolute atomic E-state index is 0.00339. The third-order valence-corrected chi connectivity index (χ3v) is 4.91. The number of aryl methyl sites for hydroxylation is 2. The summed E-state index contributed by atoms with van der Waals surface area (Å²) >= 11 is 1.22. The van der Waals surface area contributed by atoms with Gasteiger partial charge >= 0.3 is 0 Å². The van der Waals surface area contributed by atoms with Crippen LogP contribution in [0.5, 0.6) is 5.75 Å². The highest BCUT2D eigenvalue weighted by atomic mass is 32.1. The predicted octanol–water partition coefficient (Wildman–Crippen LogP) is 3.34. The Labute approximate surface area is 149 Å². The van der Waals surface area contributed by atoms with E-state index >= 15 is 0 Å². The lowest BCUT2D eigenvalue weighted by atomic mass is 10.2. The monoisotopic (exact) mass is 357 g/mol. The topological polar surface area (TPSA) is 73.2 Å². The van der Waals surface area contributed by atoms with Crippen molar-refractivity contribution in [1.82, 2.24) is 9.55 Å². The minimum Gasteiger partial charge on any atom is -0.489 e. The first-order chi connectivity index (χ1) is 11.9. The zero-order valence-electron chi connectivity index (χ0n) is 14.5. The van der Waals surface area contributed by atoms with Crippen LogP contribution in [0.25, 0.3) is 10.2 Å². The van der Waals surface area contributed by atoms with Crippen molar-refractivity contribution >= 4 is 33.1 Å². The number of amides is 1. The van der Waals surface area contributed by atoms with Crippen LogP contribution in [0.1, 0.15) is 29.1 Å². The number of ether oxygens (including phenoxy) is 1. The third-order valence-electron chi connectivity index (χ3n) is 3.71. The van der Waals surface area contributed by atoms with E-state index in [-0.39, 0.29) is 17.6 Å². The summed E-state index contributed by atoms with van der Waals surface area (Å²) in [7, 11) is 1.64. The van der Waals surface area contributed by atoms with Crippen molar-refractivity contribution in [3.8, 4) is 5.75 Å². The van der Waals surface area contributed by atoms with E-state index in [0.29, 0.717) is 32.1 Å². The maximum Gasteiger partial charge on any atom is 0.266 e. The van der Waals surface area contributed by atoms with Gasteiger partial charge in [-0.25, -0.2) is 4.98 Å². The predicted molar refractivity (Wildman–Crippen MR) is 99.8 cm³/mol. The van der Waals surface area contributed by atoms with Crippen LogP contribution in [0.3, 0.4) is 0 Å². The van der Waals surface area contributed by atoms with E-state index in [2.05, 4.69) is 10.3 Å². The average molecular weight is 357 g/mol. The first-order valence-electron chi connectivity index (χ1n) is 7.90. The number of carbonyl (C=O) groups is 1. The van der Waals surface area contributed by atoms with Crippen molar-refractivity contribution in [3.63, 3.8) is 0 Å². The number of rotatable bonds is 4. The summed E-state index contributed by atoms with van der Waals surface area (Å²) in [5.74, 6) is 0.334. The molecule has 1 aromatic carbocycles. The lowest BCUT2D eigenvalue weighted by Gasteiger charge is -2.14. The molecule has 7 heteroatoms. The first-order valence-corrected chi connectivity index (χ1v) is 8.72. The largest absolute Gasteiger partial charge is 0.489 e. The molecule has 0 aliphatic heterocycles. The lowest BCUT2D eigenvalue weighted by molar-refractivity contribution is 0.102. The average Bonchev–Trinajstić information content (AvgIpc) is 2.90. The fraction of sp³-hybridized carbons (Fsp3) is 0.278. The Bertz CT molecular complexity index is 1000. The van der Waals surface area contributed by atoms with E-state index in [0.717, 1.165) is 0 Å². The van der Waals surface area contributed by atoms with Gasteiger partial charge < -0.3 is 14.6 Å². The molecule has 130 valence electrons. The van der Waals surface area contributed by atoms with Crippen molar-refractivity contribution < 1.29 is 9.53 Å². The Kier molecular flexibility index (Phi) is 4.59. The molecule has 25 heavy (non-hydrogen) atoms. The number of para-hydroxylation sites is 2. The molecule has 2 aromatic heterocycles. The van der Waals surface area contributed by atoms with Gasteiger partial charge in [0, 0.05) is 7.05 Å². The van der Waals surface area contributed by atoms with Crippen molar-refractivity contribution in [3.05, 3.63) is 51.4 Å². The highest BCUT2D eigenvalue weighted by molar-refractivity contribution is 7.20. The molecule has 1 amide bonds. The van der Waals surface area contributed by atoms with E-state index in [1.165, 1.54) is 22.2 Å². The van der Waals surface area contributed by atoms with Crippen LogP contribution in [-0.4, -0.2) is 21.6 Å². The smallest absolute Gasteiger partial charge is 0.266 e. The number of hydrogen-bond donors (Lipinski definition) is 1. The number of hydrogen-bond acceptors (Lipinski definition) is 5. The molecule has 3 aromatic rings. The summed E-state index contributed by atoms with van der Waals surface area (Å²) in [5, 5.41) is 3.37. The van der Waals surface area contributed by atoms with Crippen molar-refractivity contribution in [2.45, 2.75) is 26.9 Å². The number of aromatic nitrogens is 2. The molecule has 0 aliphatic carbocycles.